The molecule has 0 aliphatic carbocycles. The maximum absolute atomic E-state index is 12.7. The number of carbonyl (C=O) groups excluding carboxylic acids is 3. The molecule has 3 aromatic rings. The first-order valence-corrected chi connectivity index (χ1v) is 10.4. The number of carboxylic acids is 1. The summed E-state index contributed by atoms with van der Waals surface area (Å²) in [7, 11) is 4.34. The lowest BCUT2D eigenvalue weighted by Crippen LogP contribution is -2.42. The van der Waals surface area contributed by atoms with Crippen LogP contribution in [-0.4, -0.2) is 50.1 Å². The molecule has 11 heteroatoms. The Morgan fingerprint density at radius 1 is 0.667 bits per heavy atom. The maximum atomic E-state index is 12.7. The number of carboxylic acid groups (broad SMARTS) is 1. The van der Waals surface area contributed by atoms with Crippen molar-refractivity contribution in [2.24, 2.45) is 0 Å². The summed E-state index contributed by atoms with van der Waals surface area (Å²) in [6.07, 6.45) is 0. The highest BCUT2D eigenvalue weighted by molar-refractivity contribution is 6.07. The van der Waals surface area contributed by atoms with Crippen LogP contribution >= 0.6 is 0 Å². The van der Waals surface area contributed by atoms with Crippen molar-refractivity contribution in [2.75, 3.05) is 26.6 Å². The highest BCUT2D eigenvalue weighted by Crippen LogP contribution is 2.38. The molecule has 0 bridgehead atoms. The zero-order valence-electron chi connectivity index (χ0n) is 19.6. The Bertz CT molecular complexity index is 1280. The number of hydrogen-bond acceptors (Lipinski definition) is 7. The summed E-state index contributed by atoms with van der Waals surface area (Å²) in [6.45, 7) is 0. The second-order valence-corrected chi connectivity index (χ2v) is 7.20. The third kappa shape index (κ3) is 5.70. The quantitative estimate of drug-likeness (QED) is 0.350. The van der Waals surface area contributed by atoms with E-state index in [2.05, 4.69) is 16.2 Å². The molecule has 0 saturated carbocycles. The van der Waals surface area contributed by atoms with E-state index < -0.39 is 23.7 Å². The maximum Gasteiger partial charge on any atom is 0.336 e. The summed E-state index contributed by atoms with van der Waals surface area (Å²) in [5.41, 5.74) is 4.97. The standard InChI is InChI=1S/C25H23N3O8/c1-34-19-12-15(13-20(35-2)21(19)36-3)22(29)26-16-10-8-14(9-11-16)23(30)27-28-24(31)17-6-4-5-7-18(17)25(32)33/h4-13H,1-3H3,(H,26,29)(H,27,30)(H,28,31)(H,32,33). The molecule has 3 aromatic carbocycles. The minimum absolute atomic E-state index is 0.102. The van der Waals surface area contributed by atoms with Gasteiger partial charge in [-0.15, -0.1) is 0 Å². The van der Waals surface area contributed by atoms with E-state index in [1.165, 1.54) is 82.0 Å². The second-order valence-electron chi connectivity index (χ2n) is 7.20. The fourth-order valence-electron chi connectivity index (χ4n) is 3.24. The molecule has 3 amide bonds. The smallest absolute Gasteiger partial charge is 0.336 e. The van der Waals surface area contributed by atoms with Gasteiger partial charge in [0.25, 0.3) is 17.7 Å². The molecule has 0 spiro atoms. The van der Waals surface area contributed by atoms with E-state index in [4.69, 9.17) is 14.2 Å². The molecule has 4 N–H and O–H groups in total. The lowest BCUT2D eigenvalue weighted by Gasteiger charge is -2.14. The molecule has 0 aromatic heterocycles. The molecule has 36 heavy (non-hydrogen) atoms. The van der Waals surface area contributed by atoms with Gasteiger partial charge in [0, 0.05) is 16.8 Å². The molecule has 0 aliphatic heterocycles. The van der Waals surface area contributed by atoms with E-state index in [0.717, 1.165) is 0 Å². The third-order valence-corrected chi connectivity index (χ3v) is 5.02. The second kappa shape index (κ2) is 11.4. The monoisotopic (exact) mass is 493 g/mol. The first kappa shape index (κ1) is 25.6. The summed E-state index contributed by atoms with van der Waals surface area (Å²) < 4.78 is 15.8. The predicted molar refractivity (Wildman–Crippen MR) is 129 cm³/mol. The lowest BCUT2D eigenvalue weighted by atomic mass is 10.1. The van der Waals surface area contributed by atoms with Gasteiger partial charge in [-0.2, -0.15) is 0 Å². The van der Waals surface area contributed by atoms with E-state index in [-0.39, 0.29) is 22.3 Å². The highest BCUT2D eigenvalue weighted by atomic mass is 16.5. The van der Waals surface area contributed by atoms with Crippen LogP contribution in [0.4, 0.5) is 5.69 Å². The number of carbonyl (C=O) groups is 4. The molecule has 0 saturated heterocycles. The Balaban J connectivity index is 1.65. The van der Waals surface area contributed by atoms with E-state index in [1.54, 1.807) is 0 Å². The number of aromatic carboxylic acids is 1. The van der Waals surface area contributed by atoms with Gasteiger partial charge in [-0.05, 0) is 48.5 Å². The van der Waals surface area contributed by atoms with Crippen molar-refractivity contribution in [3.63, 3.8) is 0 Å². The molecule has 0 fully saturated rings. The fourth-order valence-corrected chi connectivity index (χ4v) is 3.24. The number of benzene rings is 3. The minimum atomic E-state index is -1.27. The number of methoxy groups -OCH3 is 3. The number of ether oxygens (including phenoxy) is 3. The summed E-state index contributed by atoms with van der Waals surface area (Å²) in [4.78, 5) is 48.7. The van der Waals surface area contributed by atoms with Crippen molar-refractivity contribution in [2.45, 2.75) is 0 Å². The van der Waals surface area contributed by atoms with Crippen molar-refractivity contribution in [1.29, 1.82) is 0 Å². The van der Waals surface area contributed by atoms with Gasteiger partial charge in [0.15, 0.2) is 11.5 Å². The first-order chi connectivity index (χ1) is 17.3. The molecule has 186 valence electrons. The highest BCUT2D eigenvalue weighted by Gasteiger charge is 2.18. The number of rotatable bonds is 8. The van der Waals surface area contributed by atoms with Gasteiger partial charge in [-0.1, -0.05) is 12.1 Å². The minimum Gasteiger partial charge on any atom is -0.493 e. The van der Waals surface area contributed by atoms with Crippen molar-refractivity contribution >= 4 is 29.4 Å². The zero-order valence-corrected chi connectivity index (χ0v) is 19.6. The third-order valence-electron chi connectivity index (χ3n) is 5.02. The van der Waals surface area contributed by atoms with Crippen LogP contribution in [0.25, 0.3) is 0 Å². The number of hydrogen-bond donors (Lipinski definition) is 4. The van der Waals surface area contributed by atoms with Crippen LogP contribution in [0.2, 0.25) is 0 Å². The van der Waals surface area contributed by atoms with Crippen LogP contribution in [0.5, 0.6) is 17.2 Å². The Morgan fingerprint density at radius 2 is 1.22 bits per heavy atom. The van der Waals surface area contributed by atoms with Crippen LogP contribution in [0, 0.1) is 0 Å². The molecule has 11 nitrogen and oxygen atoms in total. The first-order valence-electron chi connectivity index (χ1n) is 10.4. The van der Waals surface area contributed by atoms with Gasteiger partial charge in [-0.3, -0.25) is 25.2 Å². The van der Waals surface area contributed by atoms with E-state index in [1.807, 2.05) is 0 Å². The van der Waals surface area contributed by atoms with Crippen molar-refractivity contribution in [3.05, 3.63) is 82.9 Å². The predicted octanol–water partition coefficient (Wildman–Crippen LogP) is 2.74. The topological polar surface area (TPSA) is 152 Å². The fraction of sp³-hybridized carbons (Fsp3) is 0.120. The molecule has 0 radical (unpaired) electrons. The number of nitrogens with one attached hydrogen (secondary N) is 3. The Kier molecular flexibility index (Phi) is 8.08. The van der Waals surface area contributed by atoms with Gasteiger partial charge in [0.2, 0.25) is 5.75 Å². The summed E-state index contributed by atoms with van der Waals surface area (Å²) in [5, 5.41) is 11.9. The van der Waals surface area contributed by atoms with Gasteiger partial charge in [-0.25, -0.2) is 4.79 Å². The molecular weight excluding hydrogens is 470 g/mol. The zero-order chi connectivity index (χ0) is 26.2. The molecule has 0 unspecified atom stereocenters. The van der Waals surface area contributed by atoms with Crippen LogP contribution in [0.3, 0.4) is 0 Å². The Labute approximate surface area is 206 Å². The normalized spacial score (nSPS) is 10.1. The van der Waals surface area contributed by atoms with Gasteiger partial charge in [0.1, 0.15) is 0 Å². The van der Waals surface area contributed by atoms with Crippen LogP contribution in [0.15, 0.2) is 60.7 Å². The largest absolute Gasteiger partial charge is 0.493 e. The SMILES string of the molecule is COc1cc(C(=O)Nc2ccc(C(=O)NNC(=O)c3ccccc3C(=O)O)cc2)cc(OC)c1OC. The Hall–Kier alpha value is -5.06. The van der Waals surface area contributed by atoms with Crippen LogP contribution in [0.1, 0.15) is 41.4 Å². The van der Waals surface area contributed by atoms with E-state index in [0.29, 0.717) is 22.9 Å². The van der Waals surface area contributed by atoms with Crippen molar-refractivity contribution in [1.82, 2.24) is 10.9 Å². The molecule has 0 aliphatic rings. The van der Waals surface area contributed by atoms with Gasteiger partial charge >= 0.3 is 5.97 Å². The lowest BCUT2D eigenvalue weighted by molar-refractivity contribution is 0.0690. The average Bonchev–Trinajstić information content (AvgIpc) is 2.90. The van der Waals surface area contributed by atoms with Gasteiger partial charge < -0.3 is 24.6 Å². The number of anilines is 1. The Morgan fingerprint density at radius 3 is 1.75 bits per heavy atom. The summed E-state index contributed by atoms with van der Waals surface area (Å²) in [5.74, 6) is -2.14. The van der Waals surface area contributed by atoms with E-state index >= 15 is 0 Å². The average molecular weight is 493 g/mol. The summed E-state index contributed by atoms with van der Waals surface area (Å²) >= 11 is 0. The van der Waals surface area contributed by atoms with Crippen LogP contribution in [-0.2, 0) is 0 Å². The molecule has 3 rings (SSSR count). The number of amides is 3. The van der Waals surface area contributed by atoms with Crippen LogP contribution < -0.4 is 30.4 Å². The molecule has 0 atom stereocenters. The number of hydrazine groups is 1. The summed E-state index contributed by atoms with van der Waals surface area (Å²) in [6, 6.07) is 14.5. The van der Waals surface area contributed by atoms with Crippen molar-refractivity contribution in [3.8, 4) is 17.2 Å². The van der Waals surface area contributed by atoms with Crippen molar-refractivity contribution < 1.29 is 38.5 Å². The van der Waals surface area contributed by atoms with E-state index in [9.17, 15) is 24.3 Å². The van der Waals surface area contributed by atoms with Gasteiger partial charge in [0.05, 0.1) is 32.5 Å². The molecular formula is C25H23N3O8. The molecule has 0 heterocycles.